The van der Waals surface area contributed by atoms with Crippen molar-refractivity contribution in [3.8, 4) is 17.0 Å². The highest BCUT2D eigenvalue weighted by atomic mass is 32.1. The third-order valence-electron chi connectivity index (χ3n) is 4.30. The van der Waals surface area contributed by atoms with Crippen LogP contribution in [0.1, 0.15) is 15.4 Å². The predicted molar refractivity (Wildman–Crippen MR) is 116 cm³/mol. The van der Waals surface area contributed by atoms with Gasteiger partial charge in [0, 0.05) is 10.4 Å². The van der Waals surface area contributed by atoms with Gasteiger partial charge < -0.3 is 10.1 Å². The fourth-order valence-electron chi connectivity index (χ4n) is 2.98. The highest BCUT2D eigenvalue weighted by Crippen LogP contribution is 2.33. The van der Waals surface area contributed by atoms with Crippen LogP contribution in [0.4, 0.5) is 5.13 Å². The molecule has 2 aromatic carbocycles. The lowest BCUT2D eigenvalue weighted by Crippen LogP contribution is -2.14. The van der Waals surface area contributed by atoms with E-state index in [2.05, 4.69) is 34.3 Å². The highest BCUT2D eigenvalue weighted by Gasteiger charge is 2.16. The van der Waals surface area contributed by atoms with Crippen molar-refractivity contribution in [2.75, 3.05) is 12.4 Å². The van der Waals surface area contributed by atoms with E-state index in [1.165, 1.54) is 16.9 Å². The van der Waals surface area contributed by atoms with Gasteiger partial charge in [-0.25, -0.2) is 9.97 Å². The standard InChI is InChI=1S/C21H19N3O2S2/c1-12-7-9-14(10-8-12)19-17(27-13(2)22-19)11-18(25)23-21-24-20-15(26-3)5-4-6-16(20)28-21/h4-10H,11H2,1-3H3,(H,23,24,25). The summed E-state index contributed by atoms with van der Waals surface area (Å²) in [5, 5.41) is 4.44. The largest absolute Gasteiger partial charge is 0.494 e. The zero-order valence-electron chi connectivity index (χ0n) is 15.8. The van der Waals surface area contributed by atoms with E-state index in [9.17, 15) is 4.79 Å². The van der Waals surface area contributed by atoms with Crippen LogP contribution in [0.15, 0.2) is 42.5 Å². The van der Waals surface area contributed by atoms with Crippen molar-refractivity contribution in [1.82, 2.24) is 9.97 Å². The molecule has 0 aliphatic carbocycles. The number of carbonyl (C=O) groups excluding carboxylic acids is 1. The average molecular weight is 410 g/mol. The molecule has 0 spiro atoms. The minimum atomic E-state index is -0.102. The van der Waals surface area contributed by atoms with Crippen LogP contribution in [-0.4, -0.2) is 23.0 Å². The third kappa shape index (κ3) is 3.76. The van der Waals surface area contributed by atoms with Crippen LogP contribution in [0.25, 0.3) is 21.5 Å². The number of hydrogen-bond donors (Lipinski definition) is 1. The number of carbonyl (C=O) groups is 1. The summed E-state index contributed by atoms with van der Waals surface area (Å²) in [7, 11) is 1.62. The number of nitrogens with zero attached hydrogens (tertiary/aromatic N) is 2. The number of aromatic nitrogens is 2. The first-order chi connectivity index (χ1) is 13.5. The molecule has 0 atom stereocenters. The van der Waals surface area contributed by atoms with Crippen molar-refractivity contribution < 1.29 is 9.53 Å². The molecule has 0 unspecified atom stereocenters. The number of hydrogen-bond acceptors (Lipinski definition) is 6. The third-order valence-corrected chi connectivity index (χ3v) is 6.21. The summed E-state index contributed by atoms with van der Waals surface area (Å²) in [5.74, 6) is 0.601. The number of thiazole rings is 2. The molecule has 0 saturated heterocycles. The first-order valence-electron chi connectivity index (χ1n) is 8.80. The highest BCUT2D eigenvalue weighted by molar-refractivity contribution is 7.22. The molecule has 1 N–H and O–H groups in total. The van der Waals surface area contributed by atoms with Gasteiger partial charge in [-0.3, -0.25) is 4.79 Å². The number of ether oxygens (including phenoxy) is 1. The molecule has 0 aliphatic rings. The van der Waals surface area contributed by atoms with Gasteiger partial charge >= 0.3 is 0 Å². The number of aryl methyl sites for hydroxylation is 2. The van der Waals surface area contributed by atoms with Crippen molar-refractivity contribution in [3.63, 3.8) is 0 Å². The Bertz CT molecular complexity index is 1150. The molecule has 4 aromatic rings. The second-order valence-corrected chi connectivity index (χ2v) is 8.74. The Labute approximate surface area is 171 Å². The van der Waals surface area contributed by atoms with Gasteiger partial charge in [0.05, 0.1) is 28.9 Å². The molecule has 2 heterocycles. The number of para-hydroxylation sites is 1. The number of nitrogens with one attached hydrogen (secondary N) is 1. The van der Waals surface area contributed by atoms with Gasteiger partial charge in [0.2, 0.25) is 5.91 Å². The molecule has 2 aromatic heterocycles. The van der Waals surface area contributed by atoms with Crippen LogP contribution in [-0.2, 0) is 11.2 Å². The predicted octanol–water partition coefficient (Wildman–Crippen LogP) is 5.23. The van der Waals surface area contributed by atoms with E-state index in [1.54, 1.807) is 18.4 Å². The summed E-state index contributed by atoms with van der Waals surface area (Å²) in [6.07, 6.45) is 0.266. The fraction of sp³-hybridized carbons (Fsp3) is 0.190. The maximum Gasteiger partial charge on any atom is 0.231 e. The van der Waals surface area contributed by atoms with E-state index in [4.69, 9.17) is 4.74 Å². The van der Waals surface area contributed by atoms with Gasteiger partial charge in [0.1, 0.15) is 11.3 Å². The van der Waals surface area contributed by atoms with Crippen LogP contribution in [0.3, 0.4) is 0 Å². The lowest BCUT2D eigenvalue weighted by molar-refractivity contribution is -0.115. The van der Waals surface area contributed by atoms with E-state index in [0.717, 1.165) is 31.4 Å². The minimum Gasteiger partial charge on any atom is -0.494 e. The number of methoxy groups -OCH3 is 1. The van der Waals surface area contributed by atoms with Gasteiger partial charge in [-0.15, -0.1) is 11.3 Å². The molecule has 1 amide bonds. The molecule has 28 heavy (non-hydrogen) atoms. The molecule has 0 bridgehead atoms. The van der Waals surface area contributed by atoms with Crippen molar-refractivity contribution in [2.24, 2.45) is 0 Å². The van der Waals surface area contributed by atoms with Crippen molar-refractivity contribution in [3.05, 3.63) is 57.9 Å². The zero-order valence-corrected chi connectivity index (χ0v) is 17.4. The summed E-state index contributed by atoms with van der Waals surface area (Å²) in [6, 6.07) is 14.0. The van der Waals surface area contributed by atoms with Crippen molar-refractivity contribution in [2.45, 2.75) is 20.3 Å². The van der Waals surface area contributed by atoms with E-state index in [1.807, 2.05) is 37.3 Å². The van der Waals surface area contributed by atoms with Gasteiger partial charge in [-0.1, -0.05) is 47.2 Å². The van der Waals surface area contributed by atoms with Crippen molar-refractivity contribution in [1.29, 1.82) is 0 Å². The fourth-order valence-corrected chi connectivity index (χ4v) is 4.83. The first kappa shape index (κ1) is 18.6. The van der Waals surface area contributed by atoms with Gasteiger partial charge in [-0.2, -0.15) is 0 Å². The van der Waals surface area contributed by atoms with Gasteiger partial charge in [0.25, 0.3) is 0 Å². The van der Waals surface area contributed by atoms with E-state index < -0.39 is 0 Å². The lowest BCUT2D eigenvalue weighted by Gasteiger charge is -2.04. The summed E-state index contributed by atoms with van der Waals surface area (Å²) >= 11 is 2.99. The van der Waals surface area contributed by atoms with E-state index in [0.29, 0.717) is 10.9 Å². The SMILES string of the molecule is COc1cccc2sc(NC(=O)Cc3sc(C)nc3-c3ccc(C)cc3)nc12. The first-order valence-corrected chi connectivity index (χ1v) is 10.4. The topological polar surface area (TPSA) is 64.1 Å². The average Bonchev–Trinajstić information content (AvgIpc) is 3.24. The molecule has 5 nitrogen and oxygen atoms in total. The van der Waals surface area contributed by atoms with Crippen LogP contribution in [0.5, 0.6) is 5.75 Å². The Kier molecular flexibility index (Phi) is 5.11. The number of benzene rings is 2. The van der Waals surface area contributed by atoms with Crippen LogP contribution in [0.2, 0.25) is 0 Å². The molecule has 0 aliphatic heterocycles. The Morgan fingerprint density at radius 2 is 1.86 bits per heavy atom. The number of rotatable bonds is 5. The zero-order chi connectivity index (χ0) is 19.7. The molecular formula is C21H19N3O2S2. The molecule has 4 rings (SSSR count). The second-order valence-electron chi connectivity index (χ2n) is 6.42. The maximum absolute atomic E-state index is 12.7. The van der Waals surface area contributed by atoms with Gasteiger partial charge in [-0.05, 0) is 26.0 Å². The summed E-state index contributed by atoms with van der Waals surface area (Å²) in [6.45, 7) is 4.01. The Morgan fingerprint density at radius 1 is 1.07 bits per heavy atom. The molecule has 0 saturated carbocycles. The van der Waals surface area contributed by atoms with E-state index in [-0.39, 0.29) is 12.3 Å². The Hall–Kier alpha value is -2.77. The minimum absolute atomic E-state index is 0.102. The Balaban J connectivity index is 1.55. The molecule has 0 radical (unpaired) electrons. The normalized spacial score (nSPS) is 11.0. The number of anilines is 1. The van der Waals surface area contributed by atoms with Gasteiger partial charge in [0.15, 0.2) is 5.13 Å². The Morgan fingerprint density at radius 3 is 2.61 bits per heavy atom. The smallest absolute Gasteiger partial charge is 0.231 e. The second kappa shape index (κ2) is 7.69. The summed E-state index contributed by atoms with van der Waals surface area (Å²) < 4.78 is 6.32. The summed E-state index contributed by atoms with van der Waals surface area (Å²) in [5.41, 5.74) is 3.87. The molecular weight excluding hydrogens is 390 g/mol. The quantitative estimate of drug-likeness (QED) is 0.490. The molecule has 0 fully saturated rings. The molecule has 7 heteroatoms. The number of amides is 1. The van der Waals surface area contributed by atoms with E-state index >= 15 is 0 Å². The monoisotopic (exact) mass is 409 g/mol. The van der Waals surface area contributed by atoms with Crippen LogP contribution in [0, 0.1) is 13.8 Å². The number of fused-ring (bicyclic) bond motifs is 1. The molecule has 142 valence electrons. The van der Waals surface area contributed by atoms with Crippen LogP contribution >= 0.6 is 22.7 Å². The summed E-state index contributed by atoms with van der Waals surface area (Å²) in [4.78, 5) is 22.8. The lowest BCUT2D eigenvalue weighted by atomic mass is 10.1. The maximum atomic E-state index is 12.7. The van der Waals surface area contributed by atoms with Crippen molar-refractivity contribution >= 4 is 43.9 Å². The van der Waals surface area contributed by atoms with Crippen LogP contribution < -0.4 is 10.1 Å².